The zero-order valence-corrected chi connectivity index (χ0v) is 13.0. The van der Waals surface area contributed by atoms with Gasteiger partial charge < -0.3 is 0 Å². The van der Waals surface area contributed by atoms with Gasteiger partial charge in [-0.15, -0.1) is 0 Å². The van der Waals surface area contributed by atoms with Gasteiger partial charge in [0.25, 0.3) is 0 Å². The van der Waals surface area contributed by atoms with Gasteiger partial charge in [0.1, 0.15) is 0 Å². The fourth-order valence-electron chi connectivity index (χ4n) is 1.86. The first-order chi connectivity index (χ1) is 7.47. The van der Waals surface area contributed by atoms with Gasteiger partial charge in [0, 0.05) is 10.6 Å². The lowest BCUT2D eigenvalue weighted by Gasteiger charge is -2.38. The second-order valence-corrected chi connectivity index (χ2v) is 12.5. The summed E-state index contributed by atoms with van der Waals surface area (Å²) < 4.78 is 0. The van der Waals surface area contributed by atoms with Crippen molar-refractivity contribution in [3.05, 3.63) is 23.3 Å². The first-order valence-corrected chi connectivity index (χ1v) is 9.25. The maximum atomic E-state index is 4.72. The van der Waals surface area contributed by atoms with E-state index in [1.165, 1.54) is 16.0 Å². The van der Waals surface area contributed by atoms with Gasteiger partial charge in [-0.1, -0.05) is 11.9 Å². The van der Waals surface area contributed by atoms with Gasteiger partial charge in [0.15, 0.2) is 0 Å². The Morgan fingerprint density at radius 2 is 1.65 bits per heavy atom. The van der Waals surface area contributed by atoms with E-state index < -0.39 is 8.75 Å². The van der Waals surface area contributed by atoms with E-state index in [4.69, 9.17) is 4.99 Å². The number of aliphatic imine (C=N–C) groups is 1. The molecule has 0 aliphatic rings. The molecular formula is C15H25NS. The van der Waals surface area contributed by atoms with E-state index in [0.29, 0.717) is 0 Å². The van der Waals surface area contributed by atoms with Gasteiger partial charge in [-0.3, -0.25) is 4.99 Å². The summed E-state index contributed by atoms with van der Waals surface area (Å²) in [4.78, 5) is 6.04. The Kier molecular flexibility index (Phi) is 3.41. The second-order valence-electron chi connectivity index (χ2n) is 6.34. The minimum atomic E-state index is -1.78. The fourth-order valence-corrected chi connectivity index (χ4v) is 3.41. The predicted molar refractivity (Wildman–Crippen MR) is 85.1 cm³/mol. The van der Waals surface area contributed by atoms with E-state index in [9.17, 15) is 0 Å². The summed E-state index contributed by atoms with van der Waals surface area (Å²) in [6.45, 7) is 8.36. The maximum Gasteiger partial charge on any atom is 0.0774 e. The number of nitrogens with zero attached hydrogens (tertiary/aromatic N) is 1. The third-order valence-electron chi connectivity index (χ3n) is 2.56. The quantitative estimate of drug-likeness (QED) is 0.544. The van der Waals surface area contributed by atoms with E-state index in [1.807, 2.05) is 13.8 Å². The minimum absolute atomic E-state index is 1.09. The molecule has 0 atom stereocenters. The van der Waals surface area contributed by atoms with E-state index >= 15 is 0 Å². The molecular weight excluding hydrogens is 226 g/mol. The molecule has 0 heterocycles. The van der Waals surface area contributed by atoms with E-state index in [0.717, 1.165) is 11.4 Å². The van der Waals surface area contributed by atoms with E-state index in [2.05, 4.69) is 50.6 Å². The predicted octanol–water partition coefficient (Wildman–Crippen LogP) is 4.44. The second kappa shape index (κ2) is 4.09. The lowest BCUT2D eigenvalue weighted by Crippen LogP contribution is -2.04. The molecule has 0 radical (unpaired) electrons. The third kappa shape index (κ3) is 3.53. The molecule has 1 aromatic rings. The molecule has 0 aromatic heterocycles. The van der Waals surface area contributed by atoms with E-state index in [-0.39, 0.29) is 0 Å². The van der Waals surface area contributed by atoms with Gasteiger partial charge in [-0.25, -0.2) is 8.75 Å². The van der Waals surface area contributed by atoms with Crippen LogP contribution in [-0.2, 0) is 0 Å². The molecule has 0 spiro atoms. The van der Waals surface area contributed by atoms with Crippen molar-refractivity contribution in [3.8, 4) is 0 Å². The van der Waals surface area contributed by atoms with Crippen molar-refractivity contribution in [3.63, 3.8) is 0 Å². The molecule has 1 aromatic carbocycles. The highest BCUT2D eigenvalue weighted by Gasteiger charge is 2.20. The number of hydrogen-bond donors (Lipinski definition) is 0. The SMILES string of the molecule is C=S(C)(C)(C)c1cc(C)cc(C)c1N=C(C)C. The van der Waals surface area contributed by atoms with Crippen molar-refractivity contribution in [1.82, 2.24) is 0 Å². The monoisotopic (exact) mass is 251 g/mol. The smallest absolute Gasteiger partial charge is 0.0774 e. The van der Waals surface area contributed by atoms with Crippen LogP contribution in [0.5, 0.6) is 0 Å². The van der Waals surface area contributed by atoms with Crippen LogP contribution in [0.3, 0.4) is 0 Å². The fraction of sp³-hybridized carbons (Fsp3) is 0.467. The van der Waals surface area contributed by atoms with E-state index in [1.54, 1.807) is 0 Å². The summed E-state index contributed by atoms with van der Waals surface area (Å²) in [5, 5.41) is 0. The van der Waals surface area contributed by atoms with Crippen molar-refractivity contribution >= 4 is 26.0 Å². The summed E-state index contributed by atoms with van der Waals surface area (Å²) in [7, 11) is -1.78. The zero-order valence-electron chi connectivity index (χ0n) is 12.2. The molecule has 0 aliphatic carbocycles. The average Bonchev–Trinajstić information content (AvgIpc) is 2.05. The Labute approximate surface area is 106 Å². The summed E-state index contributed by atoms with van der Waals surface area (Å²) in [6.07, 6.45) is 6.78. The molecule has 2 heteroatoms. The summed E-state index contributed by atoms with van der Waals surface area (Å²) >= 11 is 0. The lowest BCUT2D eigenvalue weighted by molar-refractivity contribution is 1.24. The summed E-state index contributed by atoms with van der Waals surface area (Å²) in [6, 6.07) is 4.45. The van der Waals surface area contributed by atoms with Crippen LogP contribution in [0.2, 0.25) is 0 Å². The molecule has 96 valence electrons. The Hall–Kier alpha value is -0.890. The van der Waals surface area contributed by atoms with Crippen LogP contribution in [0, 0.1) is 13.8 Å². The third-order valence-corrected chi connectivity index (χ3v) is 4.50. The number of rotatable bonds is 2. The molecule has 0 unspecified atom stereocenters. The highest BCUT2D eigenvalue weighted by atomic mass is 32.3. The first-order valence-electron chi connectivity index (χ1n) is 5.82. The number of aryl methyl sites for hydroxylation is 2. The van der Waals surface area contributed by atoms with Crippen molar-refractivity contribution in [2.45, 2.75) is 32.6 Å². The van der Waals surface area contributed by atoms with Crippen LogP contribution < -0.4 is 0 Å². The standard InChI is InChI=1S/C15H25NS/c1-11(2)16-15-13(4)9-12(3)10-14(15)17(5,6,7)8/h9-10H,5H2,1-4,6-8H3. The molecule has 1 nitrogen and oxygen atoms in total. The van der Waals surface area contributed by atoms with Crippen LogP contribution in [0.4, 0.5) is 5.69 Å². The van der Waals surface area contributed by atoms with Crippen molar-refractivity contribution < 1.29 is 0 Å². The Morgan fingerprint density at radius 1 is 1.12 bits per heavy atom. The molecule has 0 amide bonds. The molecule has 17 heavy (non-hydrogen) atoms. The molecule has 1 rings (SSSR count). The van der Waals surface area contributed by atoms with Crippen LogP contribution >= 0.6 is 8.75 Å². The summed E-state index contributed by atoms with van der Waals surface area (Å²) in [5.74, 6) is 4.46. The van der Waals surface area contributed by atoms with Gasteiger partial charge in [-0.05, 0) is 63.7 Å². The van der Waals surface area contributed by atoms with Crippen LogP contribution in [0.15, 0.2) is 22.0 Å². The largest absolute Gasteiger partial charge is 0.257 e. The number of hydrogen-bond acceptors (Lipinski definition) is 1. The topological polar surface area (TPSA) is 12.4 Å². The molecule has 0 N–H and O–H groups in total. The van der Waals surface area contributed by atoms with Crippen LogP contribution in [0.25, 0.3) is 0 Å². The van der Waals surface area contributed by atoms with Crippen molar-refractivity contribution in [2.75, 3.05) is 18.8 Å². The highest BCUT2D eigenvalue weighted by molar-refractivity contribution is 8.45. The van der Waals surface area contributed by atoms with Crippen molar-refractivity contribution in [1.29, 1.82) is 0 Å². The average molecular weight is 251 g/mol. The number of benzene rings is 1. The normalized spacial score (nSPS) is 13.9. The Bertz CT molecular complexity index is 529. The molecule has 0 saturated heterocycles. The van der Waals surface area contributed by atoms with Gasteiger partial charge in [0.05, 0.1) is 5.69 Å². The first kappa shape index (κ1) is 14.2. The Balaban J connectivity index is 3.71. The summed E-state index contributed by atoms with van der Waals surface area (Å²) in [5.41, 5.74) is 4.76. The Morgan fingerprint density at radius 3 is 2.06 bits per heavy atom. The lowest BCUT2D eigenvalue weighted by atomic mass is 10.1. The maximum absolute atomic E-state index is 4.72. The minimum Gasteiger partial charge on any atom is -0.257 e. The highest BCUT2D eigenvalue weighted by Crippen LogP contribution is 2.58. The molecule has 0 fully saturated rings. The molecule has 0 bridgehead atoms. The molecule has 0 aliphatic heterocycles. The molecule has 0 saturated carbocycles. The van der Waals surface area contributed by atoms with Crippen molar-refractivity contribution in [2.24, 2.45) is 4.99 Å². The zero-order chi connectivity index (χ0) is 13.5. The van der Waals surface area contributed by atoms with Crippen LogP contribution in [-0.4, -0.2) is 30.3 Å². The van der Waals surface area contributed by atoms with Gasteiger partial charge in [-0.2, -0.15) is 0 Å². The van der Waals surface area contributed by atoms with Crippen LogP contribution in [0.1, 0.15) is 25.0 Å². The van der Waals surface area contributed by atoms with Gasteiger partial charge in [0.2, 0.25) is 0 Å². The van der Waals surface area contributed by atoms with Gasteiger partial charge >= 0.3 is 0 Å².